The average Bonchev–Trinajstić information content (AvgIpc) is 2.68. The van der Waals surface area contributed by atoms with Crippen LogP contribution in [0.1, 0.15) is 11.1 Å². The summed E-state index contributed by atoms with van der Waals surface area (Å²) in [6, 6.07) is 21.2. The van der Waals surface area contributed by atoms with Gasteiger partial charge in [0.1, 0.15) is 11.5 Å². The number of ether oxygens (including phenoxy) is 1. The van der Waals surface area contributed by atoms with Crippen LogP contribution in [0.25, 0.3) is 22.0 Å². The van der Waals surface area contributed by atoms with Crippen molar-refractivity contribution in [1.82, 2.24) is 4.98 Å². The molecule has 0 bridgehead atoms. The normalized spacial score (nSPS) is 10.9. The second-order valence-electron chi connectivity index (χ2n) is 6.39. The molecule has 0 unspecified atom stereocenters. The number of aromatic nitrogens is 1. The molecule has 0 saturated heterocycles. The smallest absolute Gasteiger partial charge is 0.128 e. The van der Waals surface area contributed by atoms with Crippen LogP contribution in [0.5, 0.6) is 11.5 Å². The molecule has 0 amide bonds. The molecule has 4 rings (SSSR count). The van der Waals surface area contributed by atoms with Crippen LogP contribution < -0.4 is 4.74 Å². The maximum atomic E-state index is 9.30. The van der Waals surface area contributed by atoms with Gasteiger partial charge in [0.05, 0.1) is 17.1 Å². The summed E-state index contributed by atoms with van der Waals surface area (Å²) in [7, 11) is 0. The van der Waals surface area contributed by atoms with Gasteiger partial charge in [-0.15, -0.1) is 0 Å². The molecule has 0 aliphatic heterocycles. The van der Waals surface area contributed by atoms with Crippen molar-refractivity contribution in [3.8, 4) is 22.6 Å². The van der Waals surface area contributed by atoms with Gasteiger partial charge in [0.15, 0.2) is 0 Å². The third-order valence-electron chi connectivity index (χ3n) is 4.48. The van der Waals surface area contributed by atoms with Crippen LogP contribution in [-0.2, 0) is 6.61 Å². The van der Waals surface area contributed by atoms with Gasteiger partial charge in [-0.1, -0.05) is 48.0 Å². The topological polar surface area (TPSA) is 42.4 Å². The van der Waals surface area contributed by atoms with E-state index in [1.165, 1.54) is 0 Å². The fourth-order valence-electron chi connectivity index (χ4n) is 3.23. The summed E-state index contributed by atoms with van der Waals surface area (Å²) in [6.45, 7) is 2.03. The van der Waals surface area contributed by atoms with Crippen LogP contribution in [0.2, 0.25) is 5.02 Å². The van der Waals surface area contributed by atoms with E-state index in [2.05, 4.69) is 11.1 Å². The van der Waals surface area contributed by atoms with Crippen LogP contribution in [0, 0.1) is 6.92 Å². The summed E-state index contributed by atoms with van der Waals surface area (Å²) >= 11 is 6.33. The Kier molecular flexibility index (Phi) is 4.80. The molecule has 4 aromatic rings. The molecule has 0 aliphatic rings. The Morgan fingerprint density at radius 3 is 2.52 bits per heavy atom. The number of fused-ring (bicyclic) bond motifs is 1. The monoisotopic (exact) mass is 375 g/mol. The first-order chi connectivity index (χ1) is 13.2. The van der Waals surface area contributed by atoms with Gasteiger partial charge in [0, 0.05) is 11.6 Å². The minimum absolute atomic E-state index is 0.0137. The van der Waals surface area contributed by atoms with E-state index >= 15 is 0 Å². The van der Waals surface area contributed by atoms with Gasteiger partial charge < -0.3 is 9.84 Å². The SMILES string of the molecule is Cc1cnc2c(Cl)cccc2c1-c1cccc(Oc2cccc(CO)c2)c1. The standard InChI is InChI=1S/C23H18ClNO2/c1-15-13-25-23-20(9-4-10-21(23)24)22(15)17-6-3-8-19(12-17)27-18-7-2-5-16(11-18)14-26/h2-13,26H,14H2,1H3. The number of hydrogen-bond acceptors (Lipinski definition) is 3. The first-order valence-electron chi connectivity index (χ1n) is 8.67. The van der Waals surface area contributed by atoms with Crippen LogP contribution in [0.3, 0.4) is 0 Å². The minimum Gasteiger partial charge on any atom is -0.457 e. The van der Waals surface area contributed by atoms with Gasteiger partial charge in [-0.25, -0.2) is 0 Å². The predicted molar refractivity (Wildman–Crippen MR) is 109 cm³/mol. The molecule has 0 spiro atoms. The average molecular weight is 376 g/mol. The number of nitrogens with zero attached hydrogens (tertiary/aromatic N) is 1. The zero-order chi connectivity index (χ0) is 18.8. The summed E-state index contributed by atoms with van der Waals surface area (Å²) in [5.41, 5.74) is 4.82. The van der Waals surface area contributed by atoms with Gasteiger partial charge >= 0.3 is 0 Å². The summed E-state index contributed by atoms with van der Waals surface area (Å²) in [5.74, 6) is 1.42. The molecule has 4 heteroatoms. The van der Waals surface area contributed by atoms with Crippen molar-refractivity contribution in [3.05, 3.63) is 89.1 Å². The Labute approximate surface area is 162 Å². The lowest BCUT2D eigenvalue weighted by molar-refractivity contribution is 0.281. The molecule has 1 N–H and O–H groups in total. The molecule has 0 atom stereocenters. The summed E-state index contributed by atoms with van der Waals surface area (Å²) in [4.78, 5) is 4.49. The lowest BCUT2D eigenvalue weighted by Crippen LogP contribution is -1.91. The Hall–Kier alpha value is -2.88. The van der Waals surface area contributed by atoms with Crippen LogP contribution in [0.15, 0.2) is 72.9 Å². The van der Waals surface area contributed by atoms with Crippen LogP contribution >= 0.6 is 11.6 Å². The first kappa shape index (κ1) is 17.5. The third-order valence-corrected chi connectivity index (χ3v) is 4.78. The summed E-state index contributed by atoms with van der Waals surface area (Å²) in [6.07, 6.45) is 1.85. The lowest BCUT2D eigenvalue weighted by Gasteiger charge is -2.13. The van der Waals surface area contributed by atoms with Gasteiger partial charge in [0.2, 0.25) is 0 Å². The molecule has 134 valence electrons. The van der Waals surface area contributed by atoms with Gasteiger partial charge in [0.25, 0.3) is 0 Å². The maximum Gasteiger partial charge on any atom is 0.128 e. The molecule has 3 aromatic carbocycles. The van der Waals surface area contributed by atoms with Gasteiger partial charge in [-0.2, -0.15) is 0 Å². The number of aliphatic hydroxyl groups excluding tert-OH is 1. The largest absolute Gasteiger partial charge is 0.457 e. The second-order valence-corrected chi connectivity index (χ2v) is 6.79. The molecule has 0 saturated carbocycles. The number of para-hydroxylation sites is 1. The lowest BCUT2D eigenvalue weighted by atomic mass is 9.97. The van der Waals surface area contributed by atoms with Crippen molar-refractivity contribution >= 4 is 22.5 Å². The summed E-state index contributed by atoms with van der Waals surface area (Å²) < 4.78 is 6.01. The Morgan fingerprint density at radius 2 is 1.70 bits per heavy atom. The van der Waals surface area contributed by atoms with Crippen LogP contribution in [-0.4, -0.2) is 10.1 Å². The van der Waals surface area contributed by atoms with Crippen LogP contribution in [0.4, 0.5) is 0 Å². The molecular formula is C23H18ClNO2. The van der Waals surface area contributed by atoms with Gasteiger partial charge in [-0.05, 0) is 59.5 Å². The van der Waals surface area contributed by atoms with Crippen molar-refractivity contribution in [1.29, 1.82) is 0 Å². The highest BCUT2D eigenvalue weighted by Gasteiger charge is 2.11. The second kappa shape index (κ2) is 7.39. The van der Waals surface area contributed by atoms with Crippen molar-refractivity contribution in [2.24, 2.45) is 0 Å². The third kappa shape index (κ3) is 3.52. The Morgan fingerprint density at radius 1 is 0.963 bits per heavy atom. The molecule has 0 fully saturated rings. The molecular weight excluding hydrogens is 358 g/mol. The summed E-state index contributed by atoms with van der Waals surface area (Å²) in [5, 5.41) is 11.0. The van der Waals surface area contributed by atoms with Crippen molar-refractivity contribution in [3.63, 3.8) is 0 Å². The fourth-order valence-corrected chi connectivity index (χ4v) is 3.45. The number of rotatable bonds is 4. The maximum absolute atomic E-state index is 9.30. The molecule has 0 aliphatic carbocycles. The number of hydrogen-bond donors (Lipinski definition) is 1. The van der Waals surface area contributed by atoms with E-state index in [9.17, 15) is 5.11 Å². The first-order valence-corrected chi connectivity index (χ1v) is 9.05. The number of benzene rings is 3. The van der Waals surface area contributed by atoms with Crippen molar-refractivity contribution in [2.75, 3.05) is 0 Å². The number of aliphatic hydroxyl groups is 1. The van der Waals surface area contributed by atoms with E-state index in [0.29, 0.717) is 10.8 Å². The Balaban J connectivity index is 1.78. The highest BCUT2D eigenvalue weighted by Crippen LogP contribution is 2.35. The van der Waals surface area contributed by atoms with Crippen molar-refractivity contribution in [2.45, 2.75) is 13.5 Å². The van der Waals surface area contributed by atoms with E-state index in [1.807, 2.05) is 73.8 Å². The molecule has 0 radical (unpaired) electrons. The predicted octanol–water partition coefficient (Wildman–Crippen LogP) is 6.15. The highest BCUT2D eigenvalue weighted by atomic mass is 35.5. The zero-order valence-corrected chi connectivity index (χ0v) is 15.6. The van der Waals surface area contributed by atoms with E-state index < -0.39 is 0 Å². The molecule has 1 aromatic heterocycles. The number of pyridine rings is 1. The van der Waals surface area contributed by atoms with E-state index in [-0.39, 0.29) is 6.61 Å². The quantitative estimate of drug-likeness (QED) is 0.465. The number of aryl methyl sites for hydroxylation is 1. The highest BCUT2D eigenvalue weighted by molar-refractivity contribution is 6.35. The zero-order valence-electron chi connectivity index (χ0n) is 14.8. The van der Waals surface area contributed by atoms with Gasteiger partial charge in [-0.3, -0.25) is 4.98 Å². The van der Waals surface area contributed by atoms with E-state index in [1.54, 1.807) is 0 Å². The van der Waals surface area contributed by atoms with Crippen molar-refractivity contribution < 1.29 is 9.84 Å². The Bertz CT molecular complexity index is 1120. The number of halogens is 1. The fraction of sp³-hybridized carbons (Fsp3) is 0.0870. The molecule has 1 heterocycles. The van der Waals surface area contributed by atoms with E-state index in [0.717, 1.165) is 38.9 Å². The molecule has 27 heavy (non-hydrogen) atoms. The molecule has 3 nitrogen and oxygen atoms in total. The van der Waals surface area contributed by atoms with E-state index in [4.69, 9.17) is 16.3 Å². The minimum atomic E-state index is -0.0137.